The van der Waals surface area contributed by atoms with E-state index in [0.29, 0.717) is 6.42 Å². The Labute approximate surface area is 66.7 Å². The van der Waals surface area contributed by atoms with Crippen LogP contribution in [0.3, 0.4) is 0 Å². The molecule has 1 aliphatic carbocycles. The first-order chi connectivity index (χ1) is 5.14. The van der Waals surface area contributed by atoms with Crippen molar-refractivity contribution in [3.8, 4) is 0 Å². The molecule has 4 heteroatoms. The van der Waals surface area contributed by atoms with Gasteiger partial charge >= 0.3 is 7.68 Å². The summed E-state index contributed by atoms with van der Waals surface area (Å²) in [5, 5.41) is 0. The monoisotopic (exact) mass is 180 g/mol. The fourth-order valence-electron chi connectivity index (χ4n) is 1.02. The van der Waals surface area contributed by atoms with Crippen LogP contribution in [-0.4, -0.2) is 12.3 Å². The predicted molar refractivity (Wildman–Crippen MR) is 42.6 cm³/mol. The maximum Gasteiger partial charge on any atom is 0.367 e. The summed E-state index contributed by atoms with van der Waals surface area (Å²) in [4.78, 5) is 0. The summed E-state index contributed by atoms with van der Waals surface area (Å²) in [6.07, 6.45) is 3.42. The Hall–Kier alpha value is 0.120. The number of rotatable bonds is 4. The van der Waals surface area contributed by atoms with Crippen molar-refractivity contribution in [1.29, 1.82) is 0 Å². The highest BCUT2D eigenvalue weighted by atomic mass is 31.2. The quantitative estimate of drug-likeness (QED) is 0.621. The van der Waals surface area contributed by atoms with Crippen LogP contribution in [0, 0.1) is 0 Å². The van der Waals surface area contributed by atoms with Crippen molar-refractivity contribution in [2.24, 2.45) is 0 Å². The molecule has 0 aliphatic heterocycles. The Bertz CT molecular complexity index is 168. The lowest BCUT2D eigenvalue weighted by Crippen LogP contribution is -2.19. The van der Waals surface area contributed by atoms with Crippen molar-refractivity contribution in [3.63, 3.8) is 0 Å². The Morgan fingerprint density at radius 2 is 2.27 bits per heavy atom. The zero-order valence-corrected chi connectivity index (χ0v) is 7.65. The highest BCUT2D eigenvalue weighted by molar-refractivity contribution is 7.53. The average Bonchev–Trinajstić information content (AvgIpc) is 1.79. The van der Waals surface area contributed by atoms with E-state index < -0.39 is 7.68 Å². The standard InChI is InChI=1S/C7H14FO2P/c1-2-6-11(8,9)10-7-4-3-5-7/h7H,2-6H2,1H3. The van der Waals surface area contributed by atoms with Gasteiger partial charge in [0.25, 0.3) is 0 Å². The molecule has 0 N–H and O–H groups in total. The van der Waals surface area contributed by atoms with E-state index in [2.05, 4.69) is 0 Å². The first-order valence-corrected chi connectivity index (χ1v) is 5.81. The average molecular weight is 180 g/mol. The van der Waals surface area contributed by atoms with E-state index in [1.54, 1.807) is 6.92 Å². The molecule has 1 saturated carbocycles. The summed E-state index contributed by atoms with van der Waals surface area (Å²) < 4.78 is 28.6. The van der Waals surface area contributed by atoms with Gasteiger partial charge in [0.15, 0.2) is 0 Å². The molecular formula is C7H14FO2P. The largest absolute Gasteiger partial charge is 0.367 e. The zero-order chi connectivity index (χ0) is 8.32. The maximum absolute atomic E-state index is 12.9. The van der Waals surface area contributed by atoms with Crippen LogP contribution in [0.15, 0.2) is 0 Å². The summed E-state index contributed by atoms with van der Waals surface area (Å²) in [7, 11) is -3.71. The normalized spacial score (nSPS) is 24.2. The van der Waals surface area contributed by atoms with Crippen molar-refractivity contribution in [3.05, 3.63) is 0 Å². The lowest BCUT2D eigenvalue weighted by Gasteiger charge is -2.26. The molecule has 0 radical (unpaired) electrons. The van der Waals surface area contributed by atoms with Crippen molar-refractivity contribution >= 4 is 7.68 Å². The summed E-state index contributed by atoms with van der Waals surface area (Å²) >= 11 is 0. The topological polar surface area (TPSA) is 26.3 Å². The third-order valence-corrected chi connectivity index (χ3v) is 3.44. The molecule has 0 amide bonds. The SMILES string of the molecule is CCCP(=O)(F)OC1CCC1. The van der Waals surface area contributed by atoms with Crippen molar-refractivity contribution in [2.75, 3.05) is 6.16 Å². The lowest BCUT2D eigenvalue weighted by atomic mass is 9.97. The highest BCUT2D eigenvalue weighted by Crippen LogP contribution is 2.52. The van der Waals surface area contributed by atoms with E-state index >= 15 is 0 Å². The van der Waals surface area contributed by atoms with Crippen molar-refractivity contribution in [1.82, 2.24) is 0 Å². The molecule has 1 aliphatic rings. The molecule has 66 valence electrons. The number of halogens is 1. The van der Waals surface area contributed by atoms with Crippen molar-refractivity contribution in [2.45, 2.75) is 38.7 Å². The van der Waals surface area contributed by atoms with Crippen LogP contribution in [0.4, 0.5) is 4.20 Å². The minimum atomic E-state index is -3.71. The first-order valence-electron chi connectivity index (χ1n) is 4.11. The van der Waals surface area contributed by atoms with E-state index in [1.165, 1.54) is 0 Å². The van der Waals surface area contributed by atoms with E-state index in [9.17, 15) is 8.76 Å². The summed E-state index contributed by atoms with van der Waals surface area (Å²) in [6.45, 7) is 1.80. The Morgan fingerprint density at radius 1 is 1.64 bits per heavy atom. The fraction of sp³-hybridized carbons (Fsp3) is 1.00. The molecule has 0 aromatic rings. The second-order valence-corrected chi connectivity index (χ2v) is 4.81. The predicted octanol–water partition coefficient (Wildman–Crippen LogP) is 3.13. The zero-order valence-electron chi connectivity index (χ0n) is 6.75. The van der Waals surface area contributed by atoms with Crippen LogP contribution in [0.25, 0.3) is 0 Å². The van der Waals surface area contributed by atoms with Gasteiger partial charge in [0, 0.05) is 0 Å². The molecule has 1 fully saturated rings. The van der Waals surface area contributed by atoms with Gasteiger partial charge in [-0.15, -0.1) is 0 Å². The van der Waals surface area contributed by atoms with Crippen LogP contribution in [0.1, 0.15) is 32.6 Å². The van der Waals surface area contributed by atoms with Gasteiger partial charge < -0.3 is 4.52 Å². The lowest BCUT2D eigenvalue weighted by molar-refractivity contribution is 0.113. The Kier molecular flexibility index (Phi) is 3.08. The Morgan fingerprint density at radius 3 is 2.64 bits per heavy atom. The van der Waals surface area contributed by atoms with Gasteiger partial charge in [-0.05, 0) is 25.7 Å². The molecule has 2 nitrogen and oxygen atoms in total. The fourth-order valence-corrected chi connectivity index (χ4v) is 2.31. The van der Waals surface area contributed by atoms with Crippen LogP contribution in [-0.2, 0) is 9.09 Å². The molecule has 0 spiro atoms. The summed E-state index contributed by atoms with van der Waals surface area (Å²) in [5.74, 6) is 0. The highest BCUT2D eigenvalue weighted by Gasteiger charge is 2.29. The van der Waals surface area contributed by atoms with Crippen LogP contribution >= 0.6 is 7.68 Å². The van der Waals surface area contributed by atoms with Gasteiger partial charge in [-0.3, -0.25) is 4.57 Å². The van der Waals surface area contributed by atoms with Crippen molar-refractivity contribution < 1.29 is 13.3 Å². The molecule has 0 bridgehead atoms. The minimum Gasteiger partial charge on any atom is -0.302 e. The Balaban J connectivity index is 2.26. The third-order valence-electron chi connectivity index (χ3n) is 1.85. The first kappa shape index (κ1) is 9.21. The van der Waals surface area contributed by atoms with Crippen LogP contribution in [0.5, 0.6) is 0 Å². The molecule has 0 aromatic carbocycles. The number of hydrogen-bond donors (Lipinski definition) is 0. The number of hydrogen-bond acceptors (Lipinski definition) is 2. The molecule has 11 heavy (non-hydrogen) atoms. The molecule has 0 saturated heterocycles. The van der Waals surface area contributed by atoms with Crippen LogP contribution in [0.2, 0.25) is 0 Å². The molecular weight excluding hydrogens is 166 g/mol. The third kappa shape index (κ3) is 2.92. The molecule has 0 heterocycles. The summed E-state index contributed by atoms with van der Waals surface area (Å²) in [5.41, 5.74) is 0. The smallest absolute Gasteiger partial charge is 0.302 e. The second kappa shape index (κ2) is 3.68. The second-order valence-electron chi connectivity index (χ2n) is 2.97. The molecule has 1 unspecified atom stereocenters. The van der Waals surface area contributed by atoms with Gasteiger partial charge in [-0.25, -0.2) is 0 Å². The van der Waals surface area contributed by atoms with Gasteiger partial charge in [-0.1, -0.05) is 6.92 Å². The maximum atomic E-state index is 12.9. The van der Waals surface area contributed by atoms with Gasteiger partial charge in [-0.2, -0.15) is 4.20 Å². The molecule has 1 rings (SSSR count). The van der Waals surface area contributed by atoms with E-state index in [0.717, 1.165) is 19.3 Å². The molecule has 0 aromatic heterocycles. The van der Waals surface area contributed by atoms with Gasteiger partial charge in [0.2, 0.25) is 0 Å². The van der Waals surface area contributed by atoms with E-state index in [1.807, 2.05) is 0 Å². The molecule has 1 atom stereocenters. The van der Waals surface area contributed by atoms with Gasteiger partial charge in [0.05, 0.1) is 12.3 Å². The van der Waals surface area contributed by atoms with E-state index in [-0.39, 0.29) is 12.3 Å². The minimum absolute atomic E-state index is 0.0580. The van der Waals surface area contributed by atoms with Gasteiger partial charge in [0.1, 0.15) is 0 Å². The van der Waals surface area contributed by atoms with Crippen LogP contribution < -0.4 is 0 Å². The van der Waals surface area contributed by atoms with E-state index in [4.69, 9.17) is 4.52 Å². The summed E-state index contributed by atoms with van der Waals surface area (Å²) in [6, 6.07) is 0.